The first-order valence-corrected chi connectivity index (χ1v) is 11.0. The van der Waals surface area contributed by atoms with E-state index in [2.05, 4.69) is 25.6 Å². The van der Waals surface area contributed by atoms with Gasteiger partial charge >= 0.3 is 6.03 Å². The molecule has 4 aromatic rings. The Kier molecular flexibility index (Phi) is 5.75. The zero-order chi connectivity index (χ0) is 23.7. The molecule has 9 heteroatoms. The van der Waals surface area contributed by atoms with Gasteiger partial charge in [-0.3, -0.25) is 9.78 Å². The lowest BCUT2D eigenvalue weighted by Crippen LogP contribution is -2.36. The number of hydrogen-bond donors (Lipinski definition) is 3. The van der Waals surface area contributed by atoms with E-state index in [-0.39, 0.29) is 17.3 Å². The molecule has 34 heavy (non-hydrogen) atoms. The SMILES string of the molecule is O=C(Nc1ccc(F)c(C(=O)c2c[nH]c3ncc(-c4cccnc4)cc23)c1F)NC1CCCC1. The van der Waals surface area contributed by atoms with Crippen LogP contribution < -0.4 is 10.6 Å². The highest BCUT2D eigenvalue weighted by Crippen LogP contribution is 2.29. The number of carbonyl (C=O) groups is 2. The van der Waals surface area contributed by atoms with Crippen LogP contribution in [0.25, 0.3) is 22.2 Å². The van der Waals surface area contributed by atoms with Crippen LogP contribution >= 0.6 is 0 Å². The van der Waals surface area contributed by atoms with Crippen molar-refractivity contribution in [3.05, 3.63) is 77.9 Å². The largest absolute Gasteiger partial charge is 0.345 e. The molecule has 3 heterocycles. The van der Waals surface area contributed by atoms with Gasteiger partial charge < -0.3 is 15.6 Å². The Hall–Kier alpha value is -4.14. The summed E-state index contributed by atoms with van der Waals surface area (Å²) < 4.78 is 29.9. The summed E-state index contributed by atoms with van der Waals surface area (Å²) in [5.74, 6) is -3.00. The van der Waals surface area contributed by atoms with Crippen LogP contribution in [-0.2, 0) is 0 Å². The van der Waals surface area contributed by atoms with Gasteiger partial charge in [-0.15, -0.1) is 0 Å². The molecule has 1 aliphatic carbocycles. The number of rotatable bonds is 5. The van der Waals surface area contributed by atoms with Crippen LogP contribution in [0.15, 0.2) is 55.1 Å². The molecule has 3 aromatic heterocycles. The van der Waals surface area contributed by atoms with Crippen LogP contribution in [0.1, 0.15) is 41.6 Å². The predicted octanol–water partition coefficient (Wildman–Crippen LogP) is 5.20. The lowest BCUT2D eigenvalue weighted by molar-refractivity contribution is 0.103. The first-order valence-electron chi connectivity index (χ1n) is 11.0. The van der Waals surface area contributed by atoms with Crippen LogP contribution in [0.4, 0.5) is 19.3 Å². The average Bonchev–Trinajstić information content (AvgIpc) is 3.51. The number of halogens is 2. The summed E-state index contributed by atoms with van der Waals surface area (Å²) in [4.78, 5) is 36.8. The zero-order valence-electron chi connectivity index (χ0n) is 18.1. The van der Waals surface area contributed by atoms with E-state index in [1.165, 1.54) is 6.20 Å². The number of H-pyrrole nitrogens is 1. The third kappa shape index (κ3) is 4.12. The molecule has 0 atom stereocenters. The number of carbonyl (C=O) groups excluding carboxylic acids is 2. The fourth-order valence-corrected chi connectivity index (χ4v) is 4.29. The molecule has 3 N–H and O–H groups in total. The molecule has 1 fully saturated rings. The molecule has 0 saturated heterocycles. The van der Waals surface area contributed by atoms with Crippen LogP contribution in [0.2, 0.25) is 0 Å². The quantitative estimate of drug-likeness (QED) is 0.356. The van der Waals surface area contributed by atoms with Crippen LogP contribution in [-0.4, -0.2) is 32.8 Å². The molecular weight excluding hydrogens is 440 g/mol. The Balaban J connectivity index is 1.47. The second-order valence-corrected chi connectivity index (χ2v) is 8.26. The molecule has 172 valence electrons. The van der Waals surface area contributed by atoms with Crippen LogP contribution in [0.3, 0.4) is 0 Å². The Bertz CT molecular complexity index is 1380. The van der Waals surface area contributed by atoms with Crippen molar-refractivity contribution in [3.63, 3.8) is 0 Å². The van der Waals surface area contributed by atoms with E-state index in [0.29, 0.717) is 16.6 Å². The molecule has 1 aromatic carbocycles. The number of urea groups is 1. The number of nitrogens with zero attached hydrogens (tertiary/aromatic N) is 2. The van der Waals surface area contributed by atoms with E-state index in [4.69, 9.17) is 0 Å². The van der Waals surface area contributed by atoms with Crippen molar-refractivity contribution < 1.29 is 18.4 Å². The van der Waals surface area contributed by atoms with Gasteiger partial charge in [0, 0.05) is 52.9 Å². The first kappa shape index (κ1) is 21.7. The summed E-state index contributed by atoms with van der Waals surface area (Å²) in [7, 11) is 0. The maximum Gasteiger partial charge on any atom is 0.319 e. The number of benzene rings is 1. The molecular formula is C25H21F2N5O2. The van der Waals surface area contributed by atoms with Crippen molar-refractivity contribution in [1.29, 1.82) is 0 Å². The van der Waals surface area contributed by atoms with Gasteiger partial charge in [0.05, 0.1) is 11.3 Å². The minimum Gasteiger partial charge on any atom is -0.345 e. The number of anilines is 1. The minimum absolute atomic E-state index is 0.0253. The summed E-state index contributed by atoms with van der Waals surface area (Å²) in [6, 6.07) is 6.84. The van der Waals surface area contributed by atoms with Crippen molar-refractivity contribution in [2.45, 2.75) is 31.7 Å². The Labute approximate surface area is 193 Å². The van der Waals surface area contributed by atoms with Gasteiger partial charge in [-0.1, -0.05) is 18.9 Å². The molecule has 1 aliphatic rings. The monoisotopic (exact) mass is 461 g/mol. The Morgan fingerprint density at radius 2 is 1.88 bits per heavy atom. The van der Waals surface area contributed by atoms with Crippen molar-refractivity contribution >= 4 is 28.5 Å². The van der Waals surface area contributed by atoms with Crippen molar-refractivity contribution in [2.75, 3.05) is 5.32 Å². The molecule has 0 spiro atoms. The number of aromatic nitrogens is 3. The lowest BCUT2D eigenvalue weighted by Gasteiger charge is -2.14. The maximum atomic E-state index is 15.3. The van der Waals surface area contributed by atoms with Crippen molar-refractivity contribution in [1.82, 2.24) is 20.3 Å². The number of amides is 2. The third-order valence-corrected chi connectivity index (χ3v) is 6.03. The first-order chi connectivity index (χ1) is 16.5. The highest BCUT2D eigenvalue weighted by molar-refractivity contribution is 6.17. The van der Waals surface area contributed by atoms with Gasteiger partial charge in [0.2, 0.25) is 5.78 Å². The Morgan fingerprint density at radius 1 is 1.06 bits per heavy atom. The van der Waals surface area contributed by atoms with Gasteiger partial charge in [0.15, 0.2) is 5.82 Å². The smallest absolute Gasteiger partial charge is 0.319 e. The minimum atomic E-state index is -1.13. The number of aromatic amines is 1. The van der Waals surface area contributed by atoms with Crippen molar-refractivity contribution in [2.24, 2.45) is 0 Å². The molecule has 1 saturated carbocycles. The average molecular weight is 461 g/mol. The molecule has 2 amide bonds. The van der Waals surface area contributed by atoms with E-state index in [9.17, 15) is 14.0 Å². The predicted molar refractivity (Wildman–Crippen MR) is 124 cm³/mol. The number of fused-ring (bicyclic) bond motifs is 1. The van der Waals surface area contributed by atoms with Gasteiger partial charge in [-0.05, 0) is 37.1 Å². The van der Waals surface area contributed by atoms with Crippen molar-refractivity contribution in [3.8, 4) is 11.1 Å². The summed E-state index contributed by atoms with van der Waals surface area (Å²) in [6.45, 7) is 0. The second kappa shape index (κ2) is 9.01. The van der Waals surface area contributed by atoms with E-state index in [1.807, 2.05) is 6.07 Å². The molecule has 5 rings (SSSR count). The van der Waals surface area contributed by atoms with Gasteiger partial charge in [0.25, 0.3) is 0 Å². The molecule has 7 nitrogen and oxygen atoms in total. The van der Waals surface area contributed by atoms with Gasteiger partial charge in [-0.25, -0.2) is 18.6 Å². The number of pyridine rings is 2. The summed E-state index contributed by atoms with van der Waals surface area (Å²) in [6.07, 6.45) is 10.1. The van der Waals surface area contributed by atoms with E-state index >= 15 is 4.39 Å². The van der Waals surface area contributed by atoms with Gasteiger partial charge in [-0.2, -0.15) is 0 Å². The highest BCUT2D eigenvalue weighted by atomic mass is 19.1. The van der Waals surface area contributed by atoms with E-state index < -0.39 is 29.0 Å². The molecule has 0 radical (unpaired) electrons. The topological polar surface area (TPSA) is 99.8 Å². The second-order valence-electron chi connectivity index (χ2n) is 8.26. The van der Waals surface area contributed by atoms with E-state index in [1.54, 1.807) is 30.7 Å². The van der Waals surface area contributed by atoms with Gasteiger partial charge in [0.1, 0.15) is 11.5 Å². The molecule has 0 unspecified atom stereocenters. The standard InChI is InChI=1S/C25H21F2N5O2/c26-19-7-8-20(32-25(34)31-16-5-1-2-6-16)22(27)21(19)23(33)18-13-30-24-17(18)10-15(12-29-24)14-4-3-9-28-11-14/h3-4,7-13,16H,1-2,5-6H2,(H,29,30)(H2,31,32,34). The summed E-state index contributed by atoms with van der Waals surface area (Å²) in [5.41, 5.74) is 0.948. The highest BCUT2D eigenvalue weighted by Gasteiger charge is 2.26. The number of ketones is 1. The van der Waals surface area contributed by atoms with Crippen LogP contribution in [0.5, 0.6) is 0 Å². The maximum absolute atomic E-state index is 15.3. The number of nitrogens with one attached hydrogen (secondary N) is 3. The fourth-order valence-electron chi connectivity index (χ4n) is 4.29. The molecule has 0 bridgehead atoms. The summed E-state index contributed by atoms with van der Waals surface area (Å²) in [5, 5.41) is 5.60. The Morgan fingerprint density at radius 3 is 2.65 bits per heavy atom. The fraction of sp³-hybridized carbons (Fsp3) is 0.200. The molecule has 0 aliphatic heterocycles. The normalized spacial score (nSPS) is 13.8. The third-order valence-electron chi connectivity index (χ3n) is 6.03. The lowest BCUT2D eigenvalue weighted by atomic mass is 10.00. The van der Waals surface area contributed by atoms with Crippen LogP contribution in [0, 0.1) is 11.6 Å². The van der Waals surface area contributed by atoms with E-state index in [0.717, 1.165) is 43.4 Å². The summed E-state index contributed by atoms with van der Waals surface area (Å²) >= 11 is 0. The zero-order valence-corrected chi connectivity index (χ0v) is 18.1. The number of hydrogen-bond acceptors (Lipinski definition) is 4.